The highest BCUT2D eigenvalue weighted by Crippen LogP contribution is 2.47. The molecule has 0 fully saturated rings. The van der Waals surface area contributed by atoms with Gasteiger partial charge in [-0.1, -0.05) is 188 Å². The number of fused-ring (bicyclic) bond motifs is 4. The molecule has 0 unspecified atom stereocenters. The number of hydrogen-bond acceptors (Lipinski definition) is 2. The van der Waals surface area contributed by atoms with Gasteiger partial charge in [0.1, 0.15) is 5.58 Å². The van der Waals surface area contributed by atoms with E-state index in [0.717, 1.165) is 66.8 Å². The summed E-state index contributed by atoms with van der Waals surface area (Å²) in [7, 11) is 0. The Hall–Kier alpha value is -7.94. The van der Waals surface area contributed by atoms with Crippen LogP contribution in [0.4, 0.5) is 17.1 Å². The number of nitrogens with zero attached hydrogens (tertiary/aromatic N) is 1. The topological polar surface area (TPSA) is 16.4 Å². The van der Waals surface area contributed by atoms with Gasteiger partial charge in [-0.15, -0.1) is 0 Å². The van der Waals surface area contributed by atoms with Gasteiger partial charge in [-0.2, -0.15) is 0 Å². The van der Waals surface area contributed by atoms with Crippen LogP contribution in [0.3, 0.4) is 0 Å². The number of furan rings is 1. The Morgan fingerprint density at radius 2 is 0.817 bits per heavy atom. The third-order valence-corrected chi connectivity index (χ3v) is 11.7. The molecule has 1 aromatic heterocycles. The van der Waals surface area contributed by atoms with E-state index in [0.29, 0.717) is 0 Å². The molecule has 60 heavy (non-hydrogen) atoms. The second-order valence-electron chi connectivity index (χ2n) is 15.3. The van der Waals surface area contributed by atoms with Gasteiger partial charge in [0.2, 0.25) is 0 Å². The van der Waals surface area contributed by atoms with Crippen LogP contribution >= 0.6 is 0 Å². The third kappa shape index (κ3) is 6.41. The van der Waals surface area contributed by atoms with Crippen LogP contribution in [0.25, 0.3) is 88.3 Å². The summed E-state index contributed by atoms with van der Waals surface area (Å²) in [5.74, 6) is 0. The molecular formula is C58H39NO. The Balaban J connectivity index is 1.18. The standard InChI is InChI=1S/C58H39NO/c1-5-16-40(17-6-1)46-30-35-57-54(36-46)55-37-47(41-18-7-2-8-19-41)38-56(58(55)60-57)59(48-31-28-45(29-32-48)51-27-15-25-43-24-13-14-26-50(43)51)49-33-34-52(42-20-9-3-10-21-42)53(39-49)44-22-11-4-12-23-44/h1-39H. The van der Waals surface area contributed by atoms with Crippen LogP contribution in [0.1, 0.15) is 0 Å². The molecule has 0 aliphatic rings. The highest BCUT2D eigenvalue weighted by molar-refractivity contribution is 6.13. The molecule has 0 saturated heterocycles. The highest BCUT2D eigenvalue weighted by Gasteiger charge is 2.23. The fourth-order valence-electron chi connectivity index (χ4n) is 8.73. The van der Waals surface area contributed by atoms with Crippen molar-refractivity contribution in [1.82, 2.24) is 0 Å². The number of benzene rings is 10. The van der Waals surface area contributed by atoms with Crippen LogP contribution in [-0.2, 0) is 0 Å². The van der Waals surface area contributed by atoms with Crippen molar-refractivity contribution in [2.45, 2.75) is 0 Å². The van der Waals surface area contributed by atoms with E-state index in [4.69, 9.17) is 4.42 Å². The molecule has 0 N–H and O–H groups in total. The van der Waals surface area contributed by atoms with Crippen LogP contribution in [0, 0.1) is 0 Å². The lowest BCUT2D eigenvalue weighted by atomic mass is 9.93. The summed E-state index contributed by atoms with van der Waals surface area (Å²) in [6.45, 7) is 0. The second-order valence-corrected chi connectivity index (χ2v) is 15.3. The number of anilines is 3. The summed E-state index contributed by atoms with van der Waals surface area (Å²) < 4.78 is 7.00. The SMILES string of the molecule is c1ccc(-c2ccc3oc4c(N(c5ccc(-c6cccc7ccccc67)cc5)c5ccc(-c6ccccc6)c(-c6ccccc6)c5)cc(-c5ccccc5)cc4c3c2)cc1. The molecule has 0 bridgehead atoms. The lowest BCUT2D eigenvalue weighted by Gasteiger charge is -2.27. The Morgan fingerprint density at radius 3 is 1.52 bits per heavy atom. The zero-order chi connectivity index (χ0) is 39.8. The van der Waals surface area contributed by atoms with Crippen molar-refractivity contribution in [3.05, 3.63) is 237 Å². The van der Waals surface area contributed by atoms with Crippen molar-refractivity contribution in [2.75, 3.05) is 4.90 Å². The van der Waals surface area contributed by atoms with Crippen LogP contribution in [0.2, 0.25) is 0 Å². The predicted octanol–water partition coefficient (Wildman–Crippen LogP) is 16.5. The minimum atomic E-state index is 0.835. The molecule has 2 heteroatoms. The second kappa shape index (κ2) is 15.1. The zero-order valence-corrected chi connectivity index (χ0v) is 32.9. The van der Waals surface area contributed by atoms with E-state index in [1.54, 1.807) is 0 Å². The molecule has 0 aliphatic heterocycles. The molecule has 0 radical (unpaired) electrons. The van der Waals surface area contributed by atoms with Gasteiger partial charge in [-0.3, -0.25) is 0 Å². The van der Waals surface area contributed by atoms with Crippen molar-refractivity contribution in [1.29, 1.82) is 0 Å². The first-order valence-electron chi connectivity index (χ1n) is 20.5. The van der Waals surface area contributed by atoms with Gasteiger partial charge in [-0.25, -0.2) is 0 Å². The summed E-state index contributed by atoms with van der Waals surface area (Å²) in [6, 6.07) is 84.8. The maximum absolute atomic E-state index is 7.00. The van der Waals surface area contributed by atoms with E-state index in [1.165, 1.54) is 38.6 Å². The van der Waals surface area contributed by atoms with Crippen molar-refractivity contribution in [3.8, 4) is 55.6 Å². The maximum Gasteiger partial charge on any atom is 0.159 e. The van der Waals surface area contributed by atoms with Gasteiger partial charge >= 0.3 is 0 Å². The van der Waals surface area contributed by atoms with Crippen LogP contribution in [0.15, 0.2) is 241 Å². The number of rotatable bonds is 8. The van der Waals surface area contributed by atoms with E-state index in [1.807, 2.05) is 0 Å². The quantitative estimate of drug-likeness (QED) is 0.153. The lowest BCUT2D eigenvalue weighted by Crippen LogP contribution is -2.11. The first-order valence-corrected chi connectivity index (χ1v) is 20.5. The van der Waals surface area contributed by atoms with Crippen molar-refractivity contribution < 1.29 is 4.42 Å². The minimum absolute atomic E-state index is 0.835. The Morgan fingerprint density at radius 1 is 0.283 bits per heavy atom. The fraction of sp³-hybridized carbons (Fsp3) is 0. The van der Waals surface area contributed by atoms with E-state index in [-0.39, 0.29) is 0 Å². The molecule has 1 heterocycles. The smallest absolute Gasteiger partial charge is 0.159 e. The van der Waals surface area contributed by atoms with Gasteiger partial charge in [0.25, 0.3) is 0 Å². The molecule has 11 rings (SSSR count). The van der Waals surface area contributed by atoms with Gasteiger partial charge in [-0.05, 0) is 115 Å². The van der Waals surface area contributed by atoms with E-state index < -0.39 is 0 Å². The van der Waals surface area contributed by atoms with Crippen LogP contribution in [-0.4, -0.2) is 0 Å². The molecule has 0 spiro atoms. The van der Waals surface area contributed by atoms with Crippen LogP contribution < -0.4 is 4.90 Å². The van der Waals surface area contributed by atoms with Crippen LogP contribution in [0.5, 0.6) is 0 Å². The predicted molar refractivity (Wildman–Crippen MR) is 253 cm³/mol. The molecule has 2 nitrogen and oxygen atoms in total. The van der Waals surface area contributed by atoms with Crippen molar-refractivity contribution >= 4 is 49.8 Å². The largest absolute Gasteiger partial charge is 0.454 e. The Labute approximate surface area is 349 Å². The first kappa shape index (κ1) is 35.2. The summed E-state index contributed by atoms with van der Waals surface area (Å²) in [6.07, 6.45) is 0. The molecular weight excluding hydrogens is 727 g/mol. The molecule has 0 amide bonds. The van der Waals surface area contributed by atoms with Crippen molar-refractivity contribution in [3.63, 3.8) is 0 Å². The van der Waals surface area contributed by atoms with E-state index in [9.17, 15) is 0 Å². The zero-order valence-electron chi connectivity index (χ0n) is 32.9. The number of hydrogen-bond donors (Lipinski definition) is 0. The normalized spacial score (nSPS) is 11.3. The van der Waals surface area contributed by atoms with Gasteiger partial charge in [0, 0.05) is 22.1 Å². The minimum Gasteiger partial charge on any atom is -0.454 e. The molecule has 10 aromatic carbocycles. The molecule has 0 atom stereocenters. The fourth-order valence-corrected chi connectivity index (χ4v) is 8.73. The first-order chi connectivity index (χ1) is 29.7. The summed E-state index contributed by atoms with van der Waals surface area (Å²) in [5, 5.41) is 4.62. The summed E-state index contributed by atoms with van der Waals surface area (Å²) in [5.41, 5.74) is 16.4. The monoisotopic (exact) mass is 765 g/mol. The molecule has 11 aromatic rings. The average molecular weight is 766 g/mol. The maximum atomic E-state index is 7.00. The van der Waals surface area contributed by atoms with E-state index >= 15 is 0 Å². The highest BCUT2D eigenvalue weighted by atomic mass is 16.3. The molecule has 282 valence electrons. The Bertz CT molecular complexity index is 3270. The van der Waals surface area contributed by atoms with E-state index in [2.05, 4.69) is 241 Å². The lowest BCUT2D eigenvalue weighted by molar-refractivity contribution is 0.669. The molecule has 0 aliphatic carbocycles. The van der Waals surface area contributed by atoms with Gasteiger partial charge < -0.3 is 9.32 Å². The van der Waals surface area contributed by atoms with Gasteiger partial charge in [0.15, 0.2) is 5.58 Å². The van der Waals surface area contributed by atoms with Crippen molar-refractivity contribution in [2.24, 2.45) is 0 Å². The average Bonchev–Trinajstić information content (AvgIpc) is 3.71. The summed E-state index contributed by atoms with van der Waals surface area (Å²) in [4.78, 5) is 2.38. The Kier molecular flexibility index (Phi) is 8.87. The summed E-state index contributed by atoms with van der Waals surface area (Å²) >= 11 is 0. The third-order valence-electron chi connectivity index (χ3n) is 11.7. The van der Waals surface area contributed by atoms with Gasteiger partial charge in [0.05, 0.1) is 5.69 Å². The molecule has 0 saturated carbocycles.